The van der Waals surface area contributed by atoms with E-state index < -0.39 is 19.2 Å². The molecule has 0 atom stereocenters. The number of carbonyl (C=O) groups is 1. The van der Waals surface area contributed by atoms with Crippen LogP contribution in [0.4, 0.5) is 0 Å². The van der Waals surface area contributed by atoms with Crippen molar-refractivity contribution in [2.45, 2.75) is 189 Å². The molecule has 0 amide bonds. The molecule has 1 heterocycles. The van der Waals surface area contributed by atoms with E-state index in [0.717, 1.165) is 38.9 Å². The van der Waals surface area contributed by atoms with E-state index in [-0.39, 0.29) is 38.9 Å². The maximum Gasteiger partial charge on any atom is 0.649 e. The molecule has 5 nitrogen and oxygen atoms in total. The fourth-order valence-electron chi connectivity index (χ4n) is 6.83. The summed E-state index contributed by atoms with van der Waals surface area (Å²) in [6, 6.07) is 15.3. The van der Waals surface area contributed by atoms with Crippen molar-refractivity contribution in [2.75, 3.05) is 0 Å². The fourth-order valence-corrected chi connectivity index (χ4v) is 8.13. The number of benzene rings is 3. The maximum atomic E-state index is 15.4. The van der Waals surface area contributed by atoms with Crippen LogP contribution in [0.3, 0.4) is 0 Å². The third-order valence-electron chi connectivity index (χ3n) is 10.7. The van der Waals surface area contributed by atoms with Gasteiger partial charge in [0.1, 0.15) is 11.5 Å². The first-order chi connectivity index (χ1) is 24.0. The highest BCUT2D eigenvalue weighted by Gasteiger charge is 2.44. The van der Waals surface area contributed by atoms with Crippen LogP contribution in [0.25, 0.3) is 0 Å². The van der Waals surface area contributed by atoms with Crippen LogP contribution in [0.5, 0.6) is 11.5 Å². The van der Waals surface area contributed by atoms with Gasteiger partial charge in [-0.3, -0.25) is 4.79 Å². The summed E-state index contributed by atoms with van der Waals surface area (Å²) in [7, 11) is -4.61. The lowest BCUT2D eigenvalue weighted by Crippen LogP contribution is -2.27. The third-order valence-corrected chi connectivity index (χ3v) is 12.0. The average Bonchev–Trinajstić information content (AvgIpc) is 2.93. The normalized spacial score (nSPS) is 15.6. The van der Waals surface area contributed by atoms with E-state index in [4.69, 9.17) is 13.6 Å². The van der Waals surface area contributed by atoms with Gasteiger partial charge in [0, 0.05) is 23.0 Å². The van der Waals surface area contributed by atoms with Crippen LogP contribution < -0.4 is 9.05 Å². The number of hydrogen-bond acceptors (Lipinski definition) is 5. The van der Waals surface area contributed by atoms with Gasteiger partial charge in [-0.05, 0) is 71.4 Å². The lowest BCUT2D eigenvalue weighted by atomic mass is 9.74. The summed E-state index contributed by atoms with van der Waals surface area (Å²) in [4.78, 5) is 14.3. The largest absolute Gasteiger partial charge is 0.649 e. The van der Waals surface area contributed by atoms with E-state index in [1.54, 1.807) is 0 Å². The Morgan fingerprint density at radius 3 is 1.13 bits per heavy atom. The van der Waals surface area contributed by atoms with Crippen LogP contribution >= 0.6 is 7.82 Å². The molecule has 0 unspecified atom stereocenters. The predicted octanol–water partition coefficient (Wildman–Crippen LogP) is 13.9. The minimum atomic E-state index is -4.61. The monoisotopic (exact) mass is 759 g/mol. The number of fused-ring (bicyclic) bond motifs is 2. The molecular weight excluding hydrogens is 687 g/mol. The molecule has 0 aromatic heterocycles. The van der Waals surface area contributed by atoms with Gasteiger partial charge < -0.3 is 13.6 Å². The molecule has 1 aliphatic rings. The topological polar surface area (TPSA) is 61.8 Å². The lowest BCUT2D eigenvalue weighted by Gasteiger charge is -2.35. The minimum absolute atomic E-state index is 0.0230. The van der Waals surface area contributed by atoms with Gasteiger partial charge in [-0.15, -0.1) is 0 Å². The summed E-state index contributed by atoms with van der Waals surface area (Å²) in [5, 5.41) is 0. The molecule has 0 fully saturated rings. The van der Waals surface area contributed by atoms with Crippen molar-refractivity contribution in [3.05, 3.63) is 92.5 Å². The molecule has 54 heavy (non-hydrogen) atoms. The van der Waals surface area contributed by atoms with Crippen molar-refractivity contribution in [1.82, 2.24) is 0 Å². The van der Waals surface area contributed by atoms with Crippen LogP contribution in [0, 0.1) is 0 Å². The number of rotatable bonds is 4. The Labute approximate surface area is 329 Å². The van der Waals surface area contributed by atoms with Crippen molar-refractivity contribution in [3.63, 3.8) is 0 Å². The highest BCUT2D eigenvalue weighted by molar-refractivity contribution is 7.50. The molecule has 1 aliphatic heterocycles. The van der Waals surface area contributed by atoms with Crippen LogP contribution in [0.1, 0.15) is 195 Å². The maximum absolute atomic E-state index is 15.4. The van der Waals surface area contributed by atoms with E-state index >= 15 is 4.57 Å². The second kappa shape index (κ2) is 13.9. The van der Waals surface area contributed by atoms with Crippen molar-refractivity contribution in [2.24, 2.45) is 0 Å². The Hall–Kier alpha value is -3.04. The van der Waals surface area contributed by atoms with E-state index in [1.807, 2.05) is 13.8 Å². The van der Waals surface area contributed by atoms with Gasteiger partial charge in [0.15, 0.2) is 0 Å². The van der Waals surface area contributed by atoms with Crippen molar-refractivity contribution >= 4 is 13.8 Å². The second-order valence-electron chi connectivity index (χ2n) is 22.7. The highest BCUT2D eigenvalue weighted by Crippen LogP contribution is 2.58. The van der Waals surface area contributed by atoms with Crippen LogP contribution in [-0.2, 0) is 58.2 Å². The third kappa shape index (κ3) is 9.84. The summed E-state index contributed by atoms with van der Waals surface area (Å²) in [6.07, 6.45) is 0.483. The van der Waals surface area contributed by atoms with Crippen LogP contribution in [-0.4, -0.2) is 5.97 Å². The average molecular weight is 759 g/mol. The predicted molar refractivity (Wildman–Crippen MR) is 227 cm³/mol. The molecule has 3 aromatic rings. The van der Waals surface area contributed by atoms with Crippen molar-refractivity contribution < 1.29 is 22.9 Å². The zero-order valence-corrected chi connectivity index (χ0v) is 38.3. The number of carbonyl (C=O) groups excluding carboxylic acids is 1. The SMILES string of the molecule is CC(C)(C)c1cc(C(C)(C)C)cc(C(C)(C)CC(=O)OP2(=O)Oc3c(cc(C(C)(C)C)cc3C(C)(C)C)Cc3cc(C(C)(C)C)cc(C(C)(C)C)c3O2)c1. The molecule has 0 spiro atoms. The minimum Gasteiger partial charge on any atom is -0.385 e. The summed E-state index contributed by atoms with van der Waals surface area (Å²) < 4.78 is 34.6. The molecule has 0 saturated carbocycles. The molecule has 3 aromatic carbocycles. The van der Waals surface area contributed by atoms with Crippen LogP contribution in [0.15, 0.2) is 42.5 Å². The van der Waals surface area contributed by atoms with E-state index in [0.29, 0.717) is 17.9 Å². The van der Waals surface area contributed by atoms with Gasteiger partial charge in [-0.1, -0.05) is 181 Å². The fraction of sp³-hybridized carbons (Fsp3) is 0.604. The van der Waals surface area contributed by atoms with Gasteiger partial charge in [0.05, 0.1) is 6.42 Å². The molecule has 4 rings (SSSR count). The number of phosphoric acid groups is 1. The first-order valence-electron chi connectivity index (χ1n) is 19.8. The van der Waals surface area contributed by atoms with Gasteiger partial charge in [-0.2, -0.15) is 4.57 Å². The molecular formula is C48H71O5P. The Morgan fingerprint density at radius 2 is 0.815 bits per heavy atom. The highest BCUT2D eigenvalue weighted by atomic mass is 31.2. The summed E-state index contributed by atoms with van der Waals surface area (Å²) in [6.45, 7) is 43.3. The molecule has 6 heteroatoms. The molecule has 0 saturated heterocycles. The second-order valence-corrected chi connectivity index (χ2v) is 24.1. The lowest BCUT2D eigenvalue weighted by molar-refractivity contribution is -0.136. The molecule has 0 N–H and O–H groups in total. The zero-order chi connectivity index (χ0) is 41.4. The number of phosphoric ester groups is 1. The molecule has 0 bridgehead atoms. The molecule has 298 valence electrons. The summed E-state index contributed by atoms with van der Waals surface area (Å²) in [5.41, 5.74) is 7.43. The Balaban J connectivity index is 1.94. The van der Waals surface area contributed by atoms with E-state index in [1.165, 1.54) is 11.1 Å². The summed E-state index contributed by atoms with van der Waals surface area (Å²) >= 11 is 0. The van der Waals surface area contributed by atoms with E-state index in [2.05, 4.69) is 167 Å². The van der Waals surface area contributed by atoms with Gasteiger partial charge in [-0.25, -0.2) is 0 Å². The first-order valence-corrected chi connectivity index (χ1v) is 21.2. The van der Waals surface area contributed by atoms with Gasteiger partial charge >= 0.3 is 13.8 Å². The quantitative estimate of drug-likeness (QED) is 0.248. The molecule has 0 aliphatic carbocycles. The Morgan fingerprint density at radius 1 is 0.500 bits per heavy atom. The standard InChI is InChI=1S/C48H71O5P/c1-42(2,3)32-22-30-21-31-23-33(43(4,5)6)28-38(47(16,17)18)41(31)53-54(50,52-40(30)37(27-32)46(13,14)15)51-39(49)29-48(19,20)36-25-34(44(7,8)9)24-35(26-36)45(10,11)12/h22-28H,21,29H2,1-20H3. The summed E-state index contributed by atoms with van der Waals surface area (Å²) in [5.74, 6) is 0.281. The van der Waals surface area contributed by atoms with Gasteiger partial charge in [0.2, 0.25) is 0 Å². The smallest absolute Gasteiger partial charge is 0.385 e. The molecule has 0 radical (unpaired) electrons. The van der Waals surface area contributed by atoms with Crippen molar-refractivity contribution in [1.29, 1.82) is 0 Å². The Bertz CT molecular complexity index is 1840. The number of hydrogen-bond donors (Lipinski definition) is 0. The Kier molecular flexibility index (Phi) is 11.2. The zero-order valence-electron chi connectivity index (χ0n) is 37.4. The van der Waals surface area contributed by atoms with Crippen molar-refractivity contribution in [3.8, 4) is 11.5 Å². The first kappa shape index (κ1) is 43.7. The van der Waals surface area contributed by atoms with E-state index in [9.17, 15) is 4.79 Å². The van der Waals surface area contributed by atoms with Crippen LogP contribution in [0.2, 0.25) is 0 Å². The van der Waals surface area contributed by atoms with Gasteiger partial charge in [0.25, 0.3) is 0 Å².